The first-order chi connectivity index (χ1) is 14.9. The highest BCUT2D eigenvalue weighted by atomic mass is 16.5. The van der Waals surface area contributed by atoms with Crippen molar-refractivity contribution in [2.24, 2.45) is 0 Å². The molecule has 7 nitrogen and oxygen atoms in total. The van der Waals surface area contributed by atoms with Gasteiger partial charge in [-0.05, 0) is 54.3 Å². The second kappa shape index (κ2) is 9.30. The van der Waals surface area contributed by atoms with E-state index in [2.05, 4.69) is 11.9 Å². The van der Waals surface area contributed by atoms with E-state index in [0.29, 0.717) is 29.2 Å². The zero-order valence-electron chi connectivity index (χ0n) is 17.7. The van der Waals surface area contributed by atoms with Gasteiger partial charge in [-0.1, -0.05) is 25.1 Å². The van der Waals surface area contributed by atoms with Crippen molar-refractivity contribution in [1.82, 2.24) is 5.32 Å². The van der Waals surface area contributed by atoms with Crippen LogP contribution in [-0.2, 0) is 22.4 Å². The third-order valence-electron chi connectivity index (χ3n) is 4.96. The first-order valence-electron chi connectivity index (χ1n) is 9.79. The van der Waals surface area contributed by atoms with Crippen molar-refractivity contribution in [2.75, 3.05) is 19.1 Å². The molecule has 1 saturated heterocycles. The maximum atomic E-state index is 13.1. The molecule has 1 N–H and O–H groups in total. The molecule has 0 atom stereocenters. The molecule has 0 unspecified atom stereocenters. The Kier molecular flexibility index (Phi) is 6.55. The maximum absolute atomic E-state index is 13.1. The molecule has 4 amide bonds. The number of amides is 4. The van der Waals surface area contributed by atoms with Gasteiger partial charge in [-0.2, -0.15) is 0 Å². The zero-order chi connectivity index (χ0) is 22.5. The topological polar surface area (TPSA) is 84.9 Å². The Morgan fingerprint density at radius 3 is 2.35 bits per heavy atom. The summed E-state index contributed by atoms with van der Waals surface area (Å²) in [4.78, 5) is 38.9. The maximum Gasteiger partial charge on any atom is 0.335 e. The Labute approximate surface area is 181 Å². The van der Waals surface area contributed by atoms with Crippen LogP contribution in [0.15, 0.2) is 54.6 Å². The second-order valence-corrected chi connectivity index (χ2v) is 6.89. The number of allylic oxidation sites excluding steroid dienone is 1. The van der Waals surface area contributed by atoms with Crippen molar-refractivity contribution in [3.8, 4) is 11.5 Å². The van der Waals surface area contributed by atoms with Crippen molar-refractivity contribution in [3.05, 3.63) is 71.3 Å². The molecule has 0 bridgehead atoms. The molecule has 1 aliphatic rings. The molecule has 160 valence electrons. The van der Waals surface area contributed by atoms with E-state index in [1.54, 1.807) is 30.3 Å². The number of ether oxygens (including phenoxy) is 2. The third-order valence-corrected chi connectivity index (χ3v) is 4.96. The smallest absolute Gasteiger partial charge is 0.335 e. The fourth-order valence-electron chi connectivity index (χ4n) is 3.40. The molecule has 0 aromatic heterocycles. The summed E-state index contributed by atoms with van der Waals surface area (Å²) in [5, 5.41) is 2.23. The molecule has 0 aliphatic carbocycles. The predicted octanol–water partition coefficient (Wildman–Crippen LogP) is 3.66. The minimum Gasteiger partial charge on any atom is -0.493 e. The number of aryl methyl sites for hydroxylation is 1. The fourth-order valence-corrected chi connectivity index (χ4v) is 3.40. The predicted molar refractivity (Wildman–Crippen MR) is 118 cm³/mol. The standard InChI is InChI=1S/C24H24N2O5/c1-5-7-17-12-16(14-20(30-3)21(17)31-4)13-19-22(27)25-24(29)26(23(19)28)18-10-8-15(6-2)9-11-18/h5,8-14H,1,6-7H2,2-4H3,(H,25,27,29)/b19-13+. The van der Waals surface area contributed by atoms with Crippen LogP contribution in [0.25, 0.3) is 6.08 Å². The number of carbonyl (C=O) groups is 3. The van der Waals surface area contributed by atoms with Crippen molar-refractivity contribution in [3.63, 3.8) is 0 Å². The van der Waals surface area contributed by atoms with Gasteiger partial charge in [0.05, 0.1) is 19.9 Å². The lowest BCUT2D eigenvalue weighted by Crippen LogP contribution is -2.54. The van der Waals surface area contributed by atoms with E-state index in [0.717, 1.165) is 22.4 Å². The Balaban J connectivity index is 2.05. The van der Waals surface area contributed by atoms with Gasteiger partial charge in [0.15, 0.2) is 11.5 Å². The molecule has 0 saturated carbocycles. The molecule has 0 radical (unpaired) electrons. The first-order valence-corrected chi connectivity index (χ1v) is 9.79. The average molecular weight is 420 g/mol. The van der Waals surface area contributed by atoms with Crippen LogP contribution in [-0.4, -0.2) is 32.1 Å². The van der Waals surface area contributed by atoms with Crippen molar-refractivity contribution in [2.45, 2.75) is 19.8 Å². The molecule has 31 heavy (non-hydrogen) atoms. The highest BCUT2D eigenvalue weighted by molar-refractivity contribution is 6.39. The van der Waals surface area contributed by atoms with Gasteiger partial charge in [0.1, 0.15) is 5.57 Å². The number of nitrogens with zero attached hydrogens (tertiary/aromatic N) is 1. The number of imide groups is 2. The quantitative estimate of drug-likeness (QED) is 0.420. The van der Waals surface area contributed by atoms with Gasteiger partial charge >= 0.3 is 6.03 Å². The third kappa shape index (κ3) is 4.35. The summed E-state index contributed by atoms with van der Waals surface area (Å²) < 4.78 is 10.8. The van der Waals surface area contributed by atoms with Crippen LogP contribution >= 0.6 is 0 Å². The van der Waals surface area contributed by atoms with Crippen LogP contribution in [0.4, 0.5) is 10.5 Å². The van der Waals surface area contributed by atoms with E-state index in [1.807, 2.05) is 19.1 Å². The van der Waals surface area contributed by atoms with Crippen molar-refractivity contribution in [1.29, 1.82) is 0 Å². The number of urea groups is 1. The number of hydrogen-bond donors (Lipinski definition) is 1. The summed E-state index contributed by atoms with van der Waals surface area (Å²) in [6, 6.07) is 9.71. The molecule has 1 aliphatic heterocycles. The van der Waals surface area contributed by atoms with Crippen molar-refractivity contribution >= 4 is 29.6 Å². The van der Waals surface area contributed by atoms with Crippen LogP contribution in [0.5, 0.6) is 11.5 Å². The van der Waals surface area contributed by atoms with E-state index < -0.39 is 17.8 Å². The number of nitrogens with one attached hydrogen (secondary N) is 1. The lowest BCUT2D eigenvalue weighted by Gasteiger charge is -2.26. The summed E-state index contributed by atoms with van der Waals surface area (Å²) in [7, 11) is 3.04. The normalized spacial score (nSPS) is 15.1. The molecule has 2 aromatic rings. The summed E-state index contributed by atoms with van der Waals surface area (Å²) in [5.41, 5.74) is 2.65. The van der Waals surface area contributed by atoms with Gasteiger partial charge in [0.2, 0.25) is 0 Å². The Hall–Kier alpha value is -3.87. The molecule has 1 heterocycles. The molecule has 0 spiro atoms. The minimum atomic E-state index is -0.781. The molecule has 3 rings (SSSR count). The van der Waals surface area contributed by atoms with Crippen LogP contribution in [0, 0.1) is 0 Å². The van der Waals surface area contributed by atoms with E-state index in [1.165, 1.54) is 20.3 Å². The van der Waals surface area contributed by atoms with Crippen LogP contribution in [0.1, 0.15) is 23.6 Å². The van der Waals surface area contributed by atoms with Gasteiger partial charge < -0.3 is 9.47 Å². The Morgan fingerprint density at radius 1 is 1.06 bits per heavy atom. The highest BCUT2D eigenvalue weighted by Crippen LogP contribution is 2.34. The number of hydrogen-bond acceptors (Lipinski definition) is 5. The van der Waals surface area contributed by atoms with Crippen LogP contribution < -0.4 is 19.7 Å². The minimum absolute atomic E-state index is 0.157. The van der Waals surface area contributed by atoms with Gasteiger partial charge in [-0.3, -0.25) is 14.9 Å². The van der Waals surface area contributed by atoms with E-state index in [-0.39, 0.29) is 5.57 Å². The zero-order valence-corrected chi connectivity index (χ0v) is 17.7. The number of carbonyl (C=O) groups excluding carboxylic acids is 3. The van der Waals surface area contributed by atoms with Gasteiger partial charge in [-0.25, -0.2) is 9.69 Å². The molecule has 7 heteroatoms. The number of anilines is 1. The van der Waals surface area contributed by atoms with Crippen molar-refractivity contribution < 1.29 is 23.9 Å². The van der Waals surface area contributed by atoms with E-state index in [9.17, 15) is 14.4 Å². The fraction of sp³-hybridized carbons (Fsp3) is 0.208. The summed E-state index contributed by atoms with van der Waals surface area (Å²) >= 11 is 0. The summed E-state index contributed by atoms with van der Waals surface area (Å²) in [5.74, 6) is -0.438. The lowest BCUT2D eigenvalue weighted by molar-refractivity contribution is -0.122. The number of benzene rings is 2. The van der Waals surface area contributed by atoms with E-state index >= 15 is 0 Å². The average Bonchev–Trinajstić information content (AvgIpc) is 2.76. The molecule has 1 fully saturated rings. The highest BCUT2D eigenvalue weighted by Gasteiger charge is 2.36. The summed E-state index contributed by atoms with van der Waals surface area (Å²) in [6.07, 6.45) is 4.49. The van der Waals surface area contributed by atoms with Crippen LogP contribution in [0.2, 0.25) is 0 Å². The first kappa shape index (κ1) is 21.8. The number of rotatable bonds is 7. The SMILES string of the molecule is C=CCc1cc(/C=C2\C(=O)NC(=O)N(c3ccc(CC)cc3)C2=O)cc(OC)c1OC. The number of barbiturate groups is 1. The second-order valence-electron chi connectivity index (χ2n) is 6.89. The Morgan fingerprint density at radius 2 is 1.77 bits per heavy atom. The monoisotopic (exact) mass is 420 g/mol. The summed E-state index contributed by atoms with van der Waals surface area (Å²) in [6.45, 7) is 5.76. The largest absolute Gasteiger partial charge is 0.493 e. The van der Waals surface area contributed by atoms with E-state index in [4.69, 9.17) is 9.47 Å². The Bertz CT molecular complexity index is 1070. The van der Waals surface area contributed by atoms with Crippen LogP contribution in [0.3, 0.4) is 0 Å². The molecular formula is C24H24N2O5. The van der Waals surface area contributed by atoms with Gasteiger partial charge in [0, 0.05) is 5.56 Å². The number of methoxy groups -OCH3 is 2. The molecular weight excluding hydrogens is 396 g/mol. The molecule has 2 aromatic carbocycles. The lowest BCUT2D eigenvalue weighted by atomic mass is 10.0. The van der Waals surface area contributed by atoms with Gasteiger partial charge in [-0.15, -0.1) is 6.58 Å². The van der Waals surface area contributed by atoms with Gasteiger partial charge in [0.25, 0.3) is 11.8 Å².